The van der Waals surface area contributed by atoms with Gasteiger partial charge >= 0.3 is 0 Å². The van der Waals surface area contributed by atoms with E-state index in [0.29, 0.717) is 0 Å². The van der Waals surface area contributed by atoms with Crippen molar-refractivity contribution in [1.82, 2.24) is 0 Å². The van der Waals surface area contributed by atoms with E-state index in [9.17, 15) is 0 Å². The van der Waals surface area contributed by atoms with Crippen LogP contribution < -0.4 is 0 Å². The van der Waals surface area contributed by atoms with Crippen LogP contribution in [0.3, 0.4) is 0 Å². The van der Waals surface area contributed by atoms with E-state index in [1.165, 1.54) is 25.7 Å². The van der Waals surface area contributed by atoms with Crippen LogP contribution in [0.5, 0.6) is 0 Å². The first kappa shape index (κ1) is 6.54. The maximum Gasteiger partial charge on any atom is 0.0687 e. The van der Waals surface area contributed by atoms with Crippen LogP contribution in [-0.4, -0.2) is 4.87 Å². The Morgan fingerprint density at radius 3 is 3.09 bits per heavy atom. The normalized spacial score (nSPS) is 58.8. The number of hydrogen-bond acceptors (Lipinski definition) is 0. The lowest BCUT2D eigenvalue weighted by Gasteiger charge is -2.32. The number of allylic oxidation sites excluding steroid dienone is 2. The van der Waals surface area contributed by atoms with E-state index in [1.807, 2.05) is 0 Å². The van der Waals surface area contributed by atoms with E-state index in [0.717, 1.165) is 17.8 Å². The summed E-state index contributed by atoms with van der Waals surface area (Å²) in [5, 5.41) is 0. The lowest BCUT2D eigenvalue weighted by atomic mass is 9.81. The van der Waals surface area contributed by atoms with Gasteiger partial charge in [-0.25, -0.2) is 0 Å². The van der Waals surface area contributed by atoms with Crippen molar-refractivity contribution in [2.75, 3.05) is 0 Å². The number of alkyl halides is 1. The third-order valence-corrected chi connectivity index (χ3v) is 4.71. The second kappa shape index (κ2) is 1.85. The van der Waals surface area contributed by atoms with Crippen molar-refractivity contribution in [3.63, 3.8) is 0 Å². The van der Waals surface area contributed by atoms with Gasteiger partial charge in [-0.05, 0) is 43.4 Å². The predicted molar refractivity (Wildman–Crippen MR) is 46.7 cm³/mol. The van der Waals surface area contributed by atoms with Crippen molar-refractivity contribution in [2.45, 2.75) is 30.6 Å². The van der Waals surface area contributed by atoms with Crippen LogP contribution in [0.4, 0.5) is 0 Å². The highest BCUT2D eigenvalue weighted by atomic mass is 35.5. The molecule has 11 heavy (non-hydrogen) atoms. The van der Waals surface area contributed by atoms with Gasteiger partial charge < -0.3 is 0 Å². The van der Waals surface area contributed by atoms with Gasteiger partial charge in [-0.3, -0.25) is 0 Å². The molecule has 3 aliphatic carbocycles. The molecule has 0 nitrogen and oxygen atoms in total. The zero-order valence-corrected chi connectivity index (χ0v) is 7.35. The molecular formula is C10H13Cl. The Morgan fingerprint density at radius 2 is 2.27 bits per heavy atom. The van der Waals surface area contributed by atoms with Gasteiger partial charge in [0, 0.05) is 0 Å². The van der Waals surface area contributed by atoms with Crippen molar-refractivity contribution in [1.29, 1.82) is 0 Å². The van der Waals surface area contributed by atoms with Crippen LogP contribution in [0.15, 0.2) is 12.2 Å². The maximum atomic E-state index is 6.58. The third-order valence-electron chi connectivity index (χ3n) is 4.00. The summed E-state index contributed by atoms with van der Waals surface area (Å²) >= 11 is 6.58. The van der Waals surface area contributed by atoms with E-state index in [4.69, 9.17) is 11.6 Å². The topological polar surface area (TPSA) is 0 Å². The molecule has 2 fully saturated rings. The summed E-state index contributed by atoms with van der Waals surface area (Å²) in [6.45, 7) is 0. The Labute approximate surface area is 72.6 Å². The zero-order chi connectivity index (χ0) is 7.47. The van der Waals surface area contributed by atoms with Crippen molar-refractivity contribution in [3.05, 3.63) is 12.2 Å². The molecule has 0 heterocycles. The molecule has 1 heteroatoms. The second-order valence-electron chi connectivity index (χ2n) is 4.34. The van der Waals surface area contributed by atoms with Crippen molar-refractivity contribution in [3.8, 4) is 0 Å². The highest BCUT2D eigenvalue weighted by Gasteiger charge is 2.56. The number of fused-ring (bicyclic) bond motifs is 5. The number of rotatable bonds is 0. The smallest absolute Gasteiger partial charge is 0.0687 e. The van der Waals surface area contributed by atoms with Crippen molar-refractivity contribution < 1.29 is 0 Å². The average Bonchev–Trinajstić information content (AvgIpc) is 2.54. The lowest BCUT2D eigenvalue weighted by molar-refractivity contribution is 0.308. The van der Waals surface area contributed by atoms with Gasteiger partial charge in [-0.2, -0.15) is 0 Å². The van der Waals surface area contributed by atoms with E-state index >= 15 is 0 Å². The summed E-state index contributed by atoms with van der Waals surface area (Å²) in [4.78, 5) is 0.114. The Morgan fingerprint density at radius 1 is 1.36 bits per heavy atom. The molecule has 0 spiro atoms. The minimum absolute atomic E-state index is 0.114. The first-order chi connectivity index (χ1) is 5.31. The fraction of sp³-hybridized carbons (Fsp3) is 0.800. The Balaban J connectivity index is 2.05. The van der Waals surface area contributed by atoms with Crippen molar-refractivity contribution in [2.24, 2.45) is 17.8 Å². The molecule has 0 saturated heterocycles. The molecule has 0 radical (unpaired) electrons. The molecule has 4 atom stereocenters. The molecule has 2 bridgehead atoms. The molecule has 3 rings (SSSR count). The monoisotopic (exact) mass is 168 g/mol. The molecule has 0 N–H and O–H groups in total. The summed E-state index contributed by atoms with van der Waals surface area (Å²) in [6, 6.07) is 0. The molecule has 2 saturated carbocycles. The van der Waals surface area contributed by atoms with Gasteiger partial charge in [-0.1, -0.05) is 12.2 Å². The third kappa shape index (κ3) is 0.630. The molecule has 0 aromatic carbocycles. The molecule has 0 aromatic rings. The van der Waals surface area contributed by atoms with Crippen LogP contribution in [0.25, 0.3) is 0 Å². The number of hydrogen-bond donors (Lipinski definition) is 0. The first-order valence-electron chi connectivity index (χ1n) is 4.67. The van der Waals surface area contributed by atoms with Crippen LogP contribution in [0.2, 0.25) is 0 Å². The zero-order valence-electron chi connectivity index (χ0n) is 6.59. The highest BCUT2D eigenvalue weighted by Crippen LogP contribution is 2.61. The Kier molecular flexibility index (Phi) is 1.10. The molecule has 60 valence electrons. The summed E-state index contributed by atoms with van der Waals surface area (Å²) in [6.07, 6.45) is 10.1. The fourth-order valence-corrected chi connectivity index (χ4v) is 4.03. The Bertz CT molecular complexity index is 221. The van der Waals surface area contributed by atoms with Crippen LogP contribution in [-0.2, 0) is 0 Å². The van der Waals surface area contributed by atoms with Crippen LogP contribution >= 0.6 is 11.6 Å². The van der Waals surface area contributed by atoms with Gasteiger partial charge in [0.05, 0.1) is 4.87 Å². The fourth-order valence-electron chi connectivity index (χ4n) is 3.48. The summed E-state index contributed by atoms with van der Waals surface area (Å²) in [7, 11) is 0. The average molecular weight is 169 g/mol. The highest BCUT2D eigenvalue weighted by molar-refractivity contribution is 6.26. The van der Waals surface area contributed by atoms with E-state index in [2.05, 4.69) is 12.2 Å². The van der Waals surface area contributed by atoms with Gasteiger partial charge in [0.2, 0.25) is 0 Å². The lowest BCUT2D eigenvalue weighted by Crippen LogP contribution is -2.32. The van der Waals surface area contributed by atoms with Gasteiger partial charge in [0.15, 0.2) is 0 Å². The molecule has 0 aromatic heterocycles. The van der Waals surface area contributed by atoms with E-state index < -0.39 is 0 Å². The summed E-state index contributed by atoms with van der Waals surface area (Å²) in [5.74, 6) is 2.59. The van der Waals surface area contributed by atoms with Crippen molar-refractivity contribution >= 4 is 11.6 Å². The van der Waals surface area contributed by atoms with Gasteiger partial charge in [-0.15, -0.1) is 11.6 Å². The molecule has 0 amide bonds. The van der Waals surface area contributed by atoms with Crippen LogP contribution in [0, 0.1) is 17.8 Å². The predicted octanol–water partition coefficient (Wildman–Crippen LogP) is 2.97. The molecular weight excluding hydrogens is 156 g/mol. The SMILES string of the molecule is Cl[C@]12C=CC[C@H]1[C@H]1CC[C@@H]2C1. The number of halogens is 1. The van der Waals surface area contributed by atoms with Gasteiger partial charge in [0.25, 0.3) is 0 Å². The Hall–Kier alpha value is 0.0300. The molecule has 0 unspecified atom stereocenters. The maximum absolute atomic E-state index is 6.58. The second-order valence-corrected chi connectivity index (χ2v) is 5.00. The molecule has 0 aliphatic heterocycles. The minimum atomic E-state index is 0.114. The summed E-state index contributed by atoms with van der Waals surface area (Å²) < 4.78 is 0. The first-order valence-corrected chi connectivity index (χ1v) is 5.05. The van der Waals surface area contributed by atoms with Gasteiger partial charge in [0.1, 0.15) is 0 Å². The largest absolute Gasteiger partial charge is 0.114 e. The van der Waals surface area contributed by atoms with E-state index in [1.54, 1.807) is 0 Å². The minimum Gasteiger partial charge on any atom is -0.114 e. The molecule has 3 aliphatic rings. The standard InChI is InChI=1S/C10H13Cl/c11-10-5-1-2-9(10)7-3-4-8(10)6-7/h1,5,7-9H,2-4,6H2/t7-,8+,9-,10-/m0/s1. The van der Waals surface area contributed by atoms with Crippen LogP contribution in [0.1, 0.15) is 25.7 Å². The summed E-state index contributed by atoms with van der Waals surface area (Å²) in [5.41, 5.74) is 0. The van der Waals surface area contributed by atoms with E-state index in [-0.39, 0.29) is 4.87 Å². The quantitative estimate of drug-likeness (QED) is 0.386.